The molecule has 2 N–H and O–H groups in total. The number of carbonyl (C=O) groups is 1. The summed E-state index contributed by atoms with van der Waals surface area (Å²) in [6.07, 6.45) is -3.23. The van der Waals surface area contributed by atoms with Gasteiger partial charge in [-0.15, -0.1) is 11.3 Å². The zero-order valence-electron chi connectivity index (χ0n) is 18.9. The van der Waals surface area contributed by atoms with Crippen LogP contribution in [0.5, 0.6) is 0 Å². The minimum atomic E-state index is -3.24. The molecule has 1 amide bonds. The molecular formula is C19H33F2N3O3S2Si. The highest BCUT2D eigenvalue weighted by Gasteiger charge is 2.42. The summed E-state index contributed by atoms with van der Waals surface area (Å²) in [6, 6.07) is -0.0107. The summed E-state index contributed by atoms with van der Waals surface area (Å²) < 4.78 is 51.5. The molecule has 1 aliphatic heterocycles. The lowest BCUT2D eigenvalue weighted by atomic mass is 10.0. The van der Waals surface area contributed by atoms with Crippen molar-refractivity contribution in [2.24, 2.45) is 9.17 Å². The third-order valence-electron chi connectivity index (χ3n) is 5.41. The van der Waals surface area contributed by atoms with E-state index in [0.29, 0.717) is 11.3 Å². The fourth-order valence-corrected chi connectivity index (χ4v) is 9.35. The molecule has 0 bridgehead atoms. The van der Waals surface area contributed by atoms with Crippen LogP contribution in [0.2, 0.25) is 18.1 Å². The Morgan fingerprint density at radius 3 is 2.37 bits per heavy atom. The van der Waals surface area contributed by atoms with Gasteiger partial charge in [0.25, 0.3) is 6.43 Å². The van der Waals surface area contributed by atoms with E-state index in [1.54, 1.807) is 20.8 Å². The van der Waals surface area contributed by atoms with E-state index in [9.17, 15) is 17.8 Å². The molecule has 172 valence electrons. The Morgan fingerprint density at radius 2 is 1.90 bits per heavy atom. The van der Waals surface area contributed by atoms with Crippen molar-refractivity contribution in [1.29, 1.82) is 0 Å². The van der Waals surface area contributed by atoms with Gasteiger partial charge < -0.3 is 4.74 Å². The van der Waals surface area contributed by atoms with Crippen LogP contribution in [-0.4, -0.2) is 42.0 Å². The van der Waals surface area contributed by atoms with E-state index >= 15 is 0 Å². The van der Waals surface area contributed by atoms with Crippen LogP contribution in [0.1, 0.15) is 58.0 Å². The Labute approximate surface area is 183 Å². The molecule has 0 fully saturated rings. The van der Waals surface area contributed by atoms with E-state index in [2.05, 4.69) is 4.03 Å². The van der Waals surface area contributed by atoms with Crippen LogP contribution in [0.4, 0.5) is 13.6 Å². The number of fused-ring (bicyclic) bond motifs is 1. The van der Waals surface area contributed by atoms with Gasteiger partial charge in [0, 0.05) is 11.4 Å². The molecule has 1 aromatic heterocycles. The summed E-state index contributed by atoms with van der Waals surface area (Å²) in [7, 11) is -5.57. The van der Waals surface area contributed by atoms with Crippen LogP contribution in [-0.2, 0) is 21.1 Å². The van der Waals surface area contributed by atoms with Crippen molar-refractivity contribution in [1.82, 2.24) is 4.90 Å². The number of alkyl halides is 2. The first-order chi connectivity index (χ1) is 13.4. The number of rotatable bonds is 3. The molecule has 0 saturated heterocycles. The monoisotopic (exact) mass is 481 g/mol. The summed E-state index contributed by atoms with van der Waals surface area (Å²) >= 11 is 1.16. The van der Waals surface area contributed by atoms with Gasteiger partial charge >= 0.3 is 6.09 Å². The SMILES string of the molecule is CC(C)(C)OC(=O)N1CCc2sc(S(N)(=O)=N[Si](C)(C)C(C)(C)C)cc2[C@@H]1C(F)F. The van der Waals surface area contributed by atoms with E-state index in [1.165, 1.54) is 6.07 Å². The first kappa shape index (κ1) is 25.2. The van der Waals surface area contributed by atoms with Gasteiger partial charge in [0.15, 0.2) is 8.24 Å². The lowest BCUT2D eigenvalue weighted by Crippen LogP contribution is -2.45. The third kappa shape index (κ3) is 5.41. The summed E-state index contributed by atoms with van der Waals surface area (Å²) in [5.74, 6) is 0. The Morgan fingerprint density at radius 1 is 1.33 bits per heavy atom. The smallest absolute Gasteiger partial charge is 0.411 e. The predicted octanol–water partition coefficient (Wildman–Crippen LogP) is 5.55. The average molecular weight is 482 g/mol. The fourth-order valence-electron chi connectivity index (χ4n) is 2.85. The molecule has 0 saturated carbocycles. The van der Waals surface area contributed by atoms with Crippen LogP contribution in [0.3, 0.4) is 0 Å². The van der Waals surface area contributed by atoms with Gasteiger partial charge in [0.05, 0.1) is 0 Å². The summed E-state index contributed by atoms with van der Waals surface area (Å²) in [5.41, 5.74) is -0.511. The van der Waals surface area contributed by atoms with E-state index in [4.69, 9.17) is 9.88 Å². The molecule has 1 aliphatic rings. The Bertz CT molecular complexity index is 926. The van der Waals surface area contributed by atoms with Gasteiger partial charge in [0.1, 0.15) is 25.8 Å². The van der Waals surface area contributed by atoms with Gasteiger partial charge in [-0.1, -0.05) is 20.8 Å². The minimum absolute atomic E-state index is 0.0992. The molecule has 0 radical (unpaired) electrons. The van der Waals surface area contributed by atoms with Crippen LogP contribution >= 0.6 is 11.3 Å². The second-order valence-electron chi connectivity index (χ2n) is 10.1. The average Bonchev–Trinajstić information content (AvgIpc) is 2.94. The number of thiophene rings is 1. The van der Waals surface area contributed by atoms with Crippen molar-refractivity contribution < 1.29 is 22.5 Å². The Kier molecular flexibility index (Phi) is 6.84. The maximum Gasteiger partial charge on any atom is 0.411 e. The van der Waals surface area contributed by atoms with E-state index < -0.39 is 42.3 Å². The van der Waals surface area contributed by atoms with Crippen molar-refractivity contribution in [3.63, 3.8) is 0 Å². The van der Waals surface area contributed by atoms with Crippen LogP contribution in [0.25, 0.3) is 0 Å². The predicted molar refractivity (Wildman–Crippen MR) is 120 cm³/mol. The van der Waals surface area contributed by atoms with Crippen LogP contribution in [0, 0.1) is 0 Å². The van der Waals surface area contributed by atoms with Crippen molar-refractivity contribution in [2.45, 2.75) is 88.4 Å². The lowest BCUT2D eigenvalue weighted by molar-refractivity contribution is -0.0185. The first-order valence-electron chi connectivity index (χ1n) is 9.82. The quantitative estimate of drug-likeness (QED) is 0.574. The summed E-state index contributed by atoms with van der Waals surface area (Å²) in [4.78, 5) is 14.2. The number of amides is 1. The van der Waals surface area contributed by atoms with Crippen molar-refractivity contribution in [3.8, 4) is 0 Å². The van der Waals surface area contributed by atoms with Crippen LogP contribution < -0.4 is 5.14 Å². The highest BCUT2D eigenvalue weighted by molar-refractivity contribution is 7.94. The molecule has 0 aromatic carbocycles. The van der Waals surface area contributed by atoms with Gasteiger partial charge in [-0.05, 0) is 57.0 Å². The summed E-state index contributed by atoms with van der Waals surface area (Å²) in [6.45, 7) is 15.2. The number of nitrogens with two attached hydrogens (primary N) is 1. The Balaban J connectivity index is 2.49. The number of ether oxygens (including phenoxy) is 1. The standard InChI is InChI=1S/C19H33F2N3O3S2Si/c1-18(2,3)27-17(25)24-10-9-13-12(15(24)16(20)21)11-14(28-13)29(22,26)23-30(7,8)19(4,5)6/h11,15-16H,9-10H2,1-8H3,(H2,22,23,26)/t15-,29?/m1/s1. The van der Waals surface area contributed by atoms with E-state index in [0.717, 1.165) is 16.2 Å². The van der Waals surface area contributed by atoms with Crippen molar-refractivity contribution >= 4 is 35.6 Å². The van der Waals surface area contributed by atoms with E-state index in [-0.39, 0.29) is 21.4 Å². The van der Waals surface area contributed by atoms with Gasteiger partial charge in [-0.2, -0.15) is 0 Å². The van der Waals surface area contributed by atoms with Gasteiger partial charge in [-0.3, -0.25) is 8.93 Å². The molecule has 2 atom stereocenters. The molecule has 0 spiro atoms. The number of nitrogens with zero attached hydrogens (tertiary/aromatic N) is 2. The molecular weight excluding hydrogens is 448 g/mol. The maximum absolute atomic E-state index is 14.0. The normalized spacial score (nSPS) is 20.0. The minimum Gasteiger partial charge on any atom is -0.444 e. The molecule has 0 aliphatic carbocycles. The molecule has 1 aromatic rings. The molecule has 11 heteroatoms. The molecule has 30 heavy (non-hydrogen) atoms. The zero-order chi connectivity index (χ0) is 23.3. The van der Waals surface area contributed by atoms with E-state index in [1.807, 2.05) is 33.9 Å². The Hall–Kier alpha value is -1.04. The van der Waals surface area contributed by atoms with Crippen molar-refractivity contribution in [3.05, 3.63) is 16.5 Å². The molecule has 6 nitrogen and oxygen atoms in total. The maximum atomic E-state index is 14.0. The second kappa shape index (κ2) is 8.14. The highest BCUT2D eigenvalue weighted by Crippen LogP contribution is 2.42. The fraction of sp³-hybridized carbons (Fsp3) is 0.737. The zero-order valence-corrected chi connectivity index (χ0v) is 21.5. The lowest BCUT2D eigenvalue weighted by Gasteiger charge is -2.36. The first-order valence-corrected chi connectivity index (χ1v) is 15.2. The molecule has 2 rings (SSSR count). The summed E-state index contributed by atoms with van der Waals surface area (Å²) in [5, 5.41) is 5.98. The number of carbonyl (C=O) groups excluding carboxylic acids is 1. The molecule has 2 heterocycles. The van der Waals surface area contributed by atoms with Gasteiger partial charge in [0.2, 0.25) is 0 Å². The largest absolute Gasteiger partial charge is 0.444 e. The molecule has 1 unspecified atom stereocenters. The second-order valence-corrected chi connectivity index (χ2v) is 18.4. The van der Waals surface area contributed by atoms with Gasteiger partial charge in [-0.25, -0.2) is 22.9 Å². The number of hydrogen-bond donors (Lipinski definition) is 1. The topological polar surface area (TPSA) is 85.0 Å². The third-order valence-corrected chi connectivity index (χ3v) is 14.7. The highest BCUT2D eigenvalue weighted by atomic mass is 32.2. The number of halogens is 2. The van der Waals surface area contributed by atoms with Crippen molar-refractivity contribution in [2.75, 3.05) is 6.54 Å². The number of hydrogen-bond acceptors (Lipinski definition) is 5. The van der Waals surface area contributed by atoms with Crippen LogP contribution in [0.15, 0.2) is 14.3 Å².